The van der Waals surface area contributed by atoms with Gasteiger partial charge in [-0.15, -0.1) is 0 Å². The monoisotopic (exact) mass is 163 g/mol. The molecule has 0 aromatic carbocycles. The summed E-state index contributed by atoms with van der Waals surface area (Å²) in [7, 11) is 0. The van der Waals surface area contributed by atoms with Crippen LogP contribution in [0.2, 0.25) is 0 Å². The van der Waals surface area contributed by atoms with E-state index in [1.807, 2.05) is 0 Å². The highest BCUT2D eigenvalue weighted by atomic mass is 19.1. The van der Waals surface area contributed by atoms with Crippen molar-refractivity contribution >= 4 is 5.97 Å². The van der Waals surface area contributed by atoms with Gasteiger partial charge in [0.2, 0.25) is 0 Å². The average molecular weight is 163 g/mol. The van der Waals surface area contributed by atoms with Crippen LogP contribution in [0.4, 0.5) is 4.39 Å². The van der Waals surface area contributed by atoms with E-state index in [9.17, 15) is 9.18 Å². The van der Waals surface area contributed by atoms with Crippen LogP contribution in [0.3, 0.4) is 0 Å². The fraction of sp³-hybridized carbons (Fsp3) is 0.857. The van der Waals surface area contributed by atoms with Crippen LogP contribution in [-0.2, 0) is 4.79 Å². The van der Waals surface area contributed by atoms with Crippen LogP contribution in [0.15, 0.2) is 0 Å². The Balaban J connectivity index is 4.14. The van der Waals surface area contributed by atoms with Gasteiger partial charge in [-0.1, -0.05) is 13.8 Å². The lowest BCUT2D eigenvalue weighted by Gasteiger charge is -2.17. The molecule has 0 aliphatic heterocycles. The van der Waals surface area contributed by atoms with Crippen LogP contribution in [0.5, 0.6) is 0 Å². The summed E-state index contributed by atoms with van der Waals surface area (Å²) in [4.78, 5) is 10.4. The van der Waals surface area contributed by atoms with E-state index in [1.165, 1.54) is 0 Å². The third-order valence-electron chi connectivity index (χ3n) is 1.59. The molecule has 0 saturated heterocycles. The molecular weight excluding hydrogens is 149 g/mol. The van der Waals surface area contributed by atoms with E-state index < -0.39 is 18.1 Å². The molecule has 0 aromatic rings. The number of halogens is 1. The maximum absolute atomic E-state index is 13.0. The van der Waals surface area contributed by atoms with E-state index in [1.54, 1.807) is 13.8 Å². The van der Waals surface area contributed by atoms with Gasteiger partial charge in [0.1, 0.15) is 12.1 Å². The Morgan fingerprint density at radius 3 is 2.18 bits per heavy atom. The van der Waals surface area contributed by atoms with E-state index in [4.69, 9.17) is 10.8 Å². The lowest BCUT2D eigenvalue weighted by molar-refractivity contribution is -0.144. The lowest BCUT2D eigenvalue weighted by atomic mass is 9.95. The highest BCUT2D eigenvalue weighted by Gasteiger charge is 2.28. The standard InChI is InChI=1S/C7H14FNO2/c1-4(2)6(8)5(3-9)7(10)11/h4-6H,3,9H2,1-2H3,(H,10,11). The van der Waals surface area contributed by atoms with Gasteiger partial charge in [0.05, 0.1) is 0 Å². The predicted molar refractivity (Wildman–Crippen MR) is 39.9 cm³/mol. The Labute approximate surface area is 65.4 Å². The zero-order valence-corrected chi connectivity index (χ0v) is 6.75. The number of hydrogen-bond donors (Lipinski definition) is 2. The molecule has 3 nitrogen and oxygen atoms in total. The van der Waals surface area contributed by atoms with E-state index >= 15 is 0 Å². The first-order valence-corrected chi connectivity index (χ1v) is 3.57. The molecule has 0 saturated carbocycles. The molecule has 0 aromatic heterocycles. The molecule has 0 aliphatic rings. The number of nitrogens with two attached hydrogens (primary N) is 1. The first-order valence-electron chi connectivity index (χ1n) is 3.57. The topological polar surface area (TPSA) is 63.3 Å². The molecule has 0 aliphatic carbocycles. The van der Waals surface area contributed by atoms with Crippen molar-refractivity contribution in [2.75, 3.05) is 6.54 Å². The van der Waals surface area contributed by atoms with Gasteiger partial charge in [0.15, 0.2) is 0 Å². The third-order valence-corrected chi connectivity index (χ3v) is 1.59. The van der Waals surface area contributed by atoms with Gasteiger partial charge in [-0.2, -0.15) is 0 Å². The molecule has 2 unspecified atom stereocenters. The van der Waals surface area contributed by atoms with Crippen LogP contribution >= 0.6 is 0 Å². The second kappa shape index (κ2) is 4.28. The predicted octanol–water partition coefficient (Wildman–Crippen LogP) is 0.640. The minimum atomic E-state index is -1.35. The molecule has 66 valence electrons. The van der Waals surface area contributed by atoms with E-state index in [0.29, 0.717) is 0 Å². The van der Waals surface area contributed by atoms with Crippen molar-refractivity contribution in [3.05, 3.63) is 0 Å². The van der Waals surface area contributed by atoms with Gasteiger partial charge in [-0.25, -0.2) is 4.39 Å². The van der Waals surface area contributed by atoms with Crippen molar-refractivity contribution in [3.8, 4) is 0 Å². The van der Waals surface area contributed by atoms with E-state index in [0.717, 1.165) is 0 Å². The molecule has 0 bridgehead atoms. The SMILES string of the molecule is CC(C)C(F)C(CN)C(=O)O. The van der Waals surface area contributed by atoms with Crippen molar-refractivity contribution in [1.82, 2.24) is 0 Å². The van der Waals surface area contributed by atoms with Gasteiger partial charge < -0.3 is 10.8 Å². The minimum Gasteiger partial charge on any atom is -0.481 e. The van der Waals surface area contributed by atoms with E-state index in [-0.39, 0.29) is 12.5 Å². The first kappa shape index (κ1) is 10.4. The smallest absolute Gasteiger partial charge is 0.310 e. The first-order chi connectivity index (χ1) is 5.00. The molecule has 0 fully saturated rings. The molecule has 4 heteroatoms. The number of carbonyl (C=O) groups is 1. The van der Waals surface area contributed by atoms with Crippen LogP contribution in [0.1, 0.15) is 13.8 Å². The summed E-state index contributed by atoms with van der Waals surface area (Å²) in [6.07, 6.45) is -1.35. The Morgan fingerprint density at radius 2 is 2.09 bits per heavy atom. The largest absolute Gasteiger partial charge is 0.481 e. The van der Waals surface area contributed by atoms with Gasteiger partial charge in [-0.05, 0) is 5.92 Å². The average Bonchev–Trinajstić information content (AvgIpc) is 1.88. The van der Waals surface area contributed by atoms with Crippen molar-refractivity contribution in [3.63, 3.8) is 0 Å². The van der Waals surface area contributed by atoms with Crippen LogP contribution in [0.25, 0.3) is 0 Å². The second-order valence-electron chi connectivity index (χ2n) is 2.87. The Hall–Kier alpha value is -0.640. The molecule has 0 heterocycles. The quantitative estimate of drug-likeness (QED) is 0.639. The number of carboxylic acid groups (broad SMARTS) is 1. The molecule has 0 spiro atoms. The van der Waals surface area contributed by atoms with Crippen molar-refractivity contribution < 1.29 is 14.3 Å². The minimum absolute atomic E-state index is 0.144. The summed E-state index contributed by atoms with van der Waals surface area (Å²) in [6, 6.07) is 0. The van der Waals surface area contributed by atoms with Crippen LogP contribution in [0, 0.1) is 11.8 Å². The van der Waals surface area contributed by atoms with Gasteiger partial charge in [-0.3, -0.25) is 4.79 Å². The zero-order valence-electron chi connectivity index (χ0n) is 6.75. The van der Waals surface area contributed by atoms with Gasteiger partial charge >= 0.3 is 5.97 Å². The summed E-state index contributed by atoms with van der Waals surface area (Å²) in [5.74, 6) is -2.51. The normalized spacial score (nSPS) is 16.5. The summed E-state index contributed by atoms with van der Waals surface area (Å²) < 4.78 is 13.0. The number of carboxylic acids is 1. The van der Waals surface area contributed by atoms with Crippen LogP contribution in [-0.4, -0.2) is 23.8 Å². The Bertz CT molecular complexity index is 138. The highest BCUT2D eigenvalue weighted by Crippen LogP contribution is 2.15. The summed E-state index contributed by atoms with van der Waals surface area (Å²) in [5.41, 5.74) is 5.09. The van der Waals surface area contributed by atoms with E-state index in [2.05, 4.69) is 0 Å². The fourth-order valence-corrected chi connectivity index (χ4v) is 0.832. The lowest BCUT2D eigenvalue weighted by Crippen LogP contribution is -2.34. The summed E-state index contributed by atoms with van der Waals surface area (Å²) >= 11 is 0. The second-order valence-corrected chi connectivity index (χ2v) is 2.87. The van der Waals surface area contributed by atoms with Crippen molar-refractivity contribution in [2.45, 2.75) is 20.0 Å². The molecule has 0 rings (SSSR count). The summed E-state index contributed by atoms with van der Waals surface area (Å²) in [5, 5.41) is 8.47. The van der Waals surface area contributed by atoms with Gasteiger partial charge in [0.25, 0.3) is 0 Å². The number of hydrogen-bond acceptors (Lipinski definition) is 2. The van der Waals surface area contributed by atoms with Crippen LogP contribution < -0.4 is 5.73 Å². The molecule has 3 N–H and O–H groups in total. The maximum Gasteiger partial charge on any atom is 0.310 e. The maximum atomic E-state index is 13.0. The number of rotatable bonds is 4. The Morgan fingerprint density at radius 1 is 1.64 bits per heavy atom. The Kier molecular flexibility index (Phi) is 4.03. The fourth-order valence-electron chi connectivity index (χ4n) is 0.832. The zero-order chi connectivity index (χ0) is 9.02. The van der Waals surface area contributed by atoms with Gasteiger partial charge in [0, 0.05) is 6.54 Å². The molecule has 11 heavy (non-hydrogen) atoms. The number of aliphatic carboxylic acids is 1. The summed E-state index contributed by atoms with van der Waals surface area (Å²) in [6.45, 7) is 3.13. The number of alkyl halides is 1. The van der Waals surface area contributed by atoms with Crippen molar-refractivity contribution in [2.24, 2.45) is 17.6 Å². The molecule has 2 atom stereocenters. The van der Waals surface area contributed by atoms with Crippen molar-refractivity contribution in [1.29, 1.82) is 0 Å². The molecular formula is C7H14FNO2. The third kappa shape index (κ3) is 2.84. The molecule has 0 amide bonds. The highest BCUT2D eigenvalue weighted by molar-refractivity contribution is 5.71. The molecule has 0 radical (unpaired) electrons.